The van der Waals surface area contributed by atoms with E-state index in [1.807, 2.05) is 48.3 Å². The van der Waals surface area contributed by atoms with E-state index < -0.39 is 0 Å². The number of fused-ring (bicyclic) bond motifs is 1. The minimum absolute atomic E-state index is 0.0281. The Morgan fingerprint density at radius 1 is 1.42 bits per heavy atom. The van der Waals surface area contributed by atoms with Gasteiger partial charge in [-0.15, -0.1) is 0 Å². The van der Waals surface area contributed by atoms with Crippen LogP contribution in [0.15, 0.2) is 43.0 Å². The number of benzene rings is 1. The molecule has 1 saturated heterocycles. The zero-order valence-electron chi connectivity index (χ0n) is 13.5. The van der Waals surface area contributed by atoms with Crippen LogP contribution in [0, 0.1) is 0 Å². The highest BCUT2D eigenvalue weighted by Gasteiger charge is 2.27. The molecule has 1 aliphatic rings. The van der Waals surface area contributed by atoms with Crippen molar-refractivity contribution >= 4 is 16.8 Å². The summed E-state index contributed by atoms with van der Waals surface area (Å²) in [5.74, 6) is -0.0316. The van der Waals surface area contributed by atoms with Gasteiger partial charge in [0.25, 0.3) is 5.91 Å². The van der Waals surface area contributed by atoms with Gasteiger partial charge in [0.05, 0.1) is 18.2 Å². The summed E-state index contributed by atoms with van der Waals surface area (Å²) in [7, 11) is 1.96. The van der Waals surface area contributed by atoms with Crippen molar-refractivity contribution in [3.8, 4) is 0 Å². The highest BCUT2D eigenvalue weighted by molar-refractivity contribution is 6.06. The van der Waals surface area contributed by atoms with Gasteiger partial charge >= 0.3 is 0 Å². The topological polar surface area (TPSA) is 71.9 Å². The third-order valence-electron chi connectivity index (χ3n) is 4.64. The molecule has 2 atom stereocenters. The average Bonchev–Trinajstić information content (AvgIpc) is 3.23. The van der Waals surface area contributed by atoms with Crippen LogP contribution in [-0.2, 0) is 11.8 Å². The van der Waals surface area contributed by atoms with Crippen molar-refractivity contribution in [2.24, 2.45) is 7.05 Å². The van der Waals surface area contributed by atoms with Crippen LogP contribution in [-0.4, -0.2) is 33.1 Å². The zero-order valence-corrected chi connectivity index (χ0v) is 13.5. The molecule has 124 valence electrons. The lowest BCUT2D eigenvalue weighted by Crippen LogP contribution is -2.40. The van der Waals surface area contributed by atoms with Crippen LogP contribution in [0.25, 0.3) is 10.9 Å². The van der Waals surface area contributed by atoms with E-state index in [0.29, 0.717) is 12.2 Å². The fourth-order valence-electron chi connectivity index (χ4n) is 3.36. The Labute approximate surface area is 139 Å². The van der Waals surface area contributed by atoms with E-state index in [4.69, 9.17) is 4.74 Å². The van der Waals surface area contributed by atoms with Crippen molar-refractivity contribution in [1.29, 1.82) is 0 Å². The van der Waals surface area contributed by atoms with Crippen LogP contribution in [0.5, 0.6) is 0 Å². The van der Waals surface area contributed by atoms with E-state index in [2.05, 4.69) is 15.3 Å². The lowest BCUT2D eigenvalue weighted by Gasteiger charge is -2.30. The SMILES string of the molecule is Cn1cncc1C1CC(NC(=O)c2cccc3[nH]ccc23)CCO1. The lowest BCUT2D eigenvalue weighted by molar-refractivity contribution is -0.00300. The Kier molecular flexibility index (Phi) is 3.82. The van der Waals surface area contributed by atoms with Gasteiger partial charge in [-0.1, -0.05) is 6.07 Å². The number of imidazole rings is 1. The molecule has 0 spiro atoms. The summed E-state index contributed by atoms with van der Waals surface area (Å²) in [5.41, 5.74) is 2.72. The fourth-order valence-corrected chi connectivity index (χ4v) is 3.36. The first kappa shape index (κ1) is 15.0. The van der Waals surface area contributed by atoms with Gasteiger partial charge in [0.15, 0.2) is 0 Å². The van der Waals surface area contributed by atoms with E-state index in [-0.39, 0.29) is 18.1 Å². The molecule has 0 radical (unpaired) electrons. The molecule has 3 heterocycles. The number of H-pyrrole nitrogens is 1. The maximum Gasteiger partial charge on any atom is 0.252 e. The third-order valence-corrected chi connectivity index (χ3v) is 4.64. The number of nitrogens with zero attached hydrogens (tertiary/aromatic N) is 2. The summed E-state index contributed by atoms with van der Waals surface area (Å²) in [6.07, 6.45) is 7.01. The van der Waals surface area contributed by atoms with E-state index >= 15 is 0 Å². The molecule has 4 rings (SSSR count). The van der Waals surface area contributed by atoms with E-state index in [0.717, 1.165) is 29.4 Å². The maximum absolute atomic E-state index is 12.7. The van der Waals surface area contributed by atoms with Crippen molar-refractivity contribution in [3.63, 3.8) is 0 Å². The molecule has 2 N–H and O–H groups in total. The van der Waals surface area contributed by atoms with Gasteiger partial charge in [0.1, 0.15) is 6.10 Å². The van der Waals surface area contributed by atoms with Gasteiger partial charge in [-0.2, -0.15) is 0 Å². The number of ether oxygens (including phenoxy) is 1. The molecule has 2 aromatic heterocycles. The Balaban J connectivity index is 1.49. The predicted molar refractivity (Wildman–Crippen MR) is 90.7 cm³/mol. The number of hydrogen-bond donors (Lipinski definition) is 2. The lowest BCUT2D eigenvalue weighted by atomic mass is 10.0. The van der Waals surface area contributed by atoms with Crippen molar-refractivity contribution in [2.45, 2.75) is 25.0 Å². The molecule has 6 nitrogen and oxygen atoms in total. The normalized spacial score (nSPS) is 21.0. The highest BCUT2D eigenvalue weighted by Crippen LogP contribution is 2.28. The maximum atomic E-state index is 12.7. The molecular formula is C18H20N4O2. The molecule has 1 amide bonds. The average molecular weight is 324 g/mol. The van der Waals surface area contributed by atoms with Crippen molar-refractivity contribution in [2.75, 3.05) is 6.61 Å². The molecule has 0 saturated carbocycles. The molecule has 24 heavy (non-hydrogen) atoms. The molecule has 1 aliphatic heterocycles. The van der Waals surface area contributed by atoms with Crippen LogP contribution in [0.2, 0.25) is 0 Å². The molecule has 6 heteroatoms. The Morgan fingerprint density at radius 3 is 3.17 bits per heavy atom. The van der Waals surface area contributed by atoms with Crippen LogP contribution < -0.4 is 5.32 Å². The minimum atomic E-state index is -0.0316. The van der Waals surface area contributed by atoms with Crippen LogP contribution in [0.4, 0.5) is 0 Å². The van der Waals surface area contributed by atoms with Crippen LogP contribution >= 0.6 is 0 Å². The van der Waals surface area contributed by atoms with E-state index in [1.165, 1.54) is 0 Å². The van der Waals surface area contributed by atoms with Gasteiger partial charge in [0, 0.05) is 42.4 Å². The monoisotopic (exact) mass is 324 g/mol. The van der Waals surface area contributed by atoms with Gasteiger partial charge in [-0.25, -0.2) is 4.98 Å². The smallest absolute Gasteiger partial charge is 0.252 e. The summed E-state index contributed by atoms with van der Waals surface area (Å²) in [6.45, 7) is 0.634. The molecule has 3 aromatic rings. The van der Waals surface area contributed by atoms with E-state index in [9.17, 15) is 4.79 Å². The number of carbonyl (C=O) groups excluding carboxylic acids is 1. The number of aryl methyl sites for hydroxylation is 1. The first-order valence-electron chi connectivity index (χ1n) is 8.17. The number of hydrogen-bond acceptors (Lipinski definition) is 3. The van der Waals surface area contributed by atoms with Gasteiger partial charge in [-0.05, 0) is 31.0 Å². The quantitative estimate of drug-likeness (QED) is 0.778. The summed E-state index contributed by atoms with van der Waals surface area (Å²) < 4.78 is 7.83. The largest absolute Gasteiger partial charge is 0.372 e. The Morgan fingerprint density at radius 2 is 2.33 bits per heavy atom. The van der Waals surface area contributed by atoms with E-state index in [1.54, 1.807) is 6.33 Å². The first-order valence-corrected chi connectivity index (χ1v) is 8.17. The Bertz CT molecular complexity index is 867. The molecule has 1 fully saturated rings. The zero-order chi connectivity index (χ0) is 16.5. The molecule has 0 aliphatic carbocycles. The van der Waals surface area contributed by atoms with Crippen molar-refractivity contribution < 1.29 is 9.53 Å². The van der Waals surface area contributed by atoms with Gasteiger partial charge in [-0.3, -0.25) is 4.79 Å². The van der Waals surface area contributed by atoms with Crippen LogP contribution in [0.3, 0.4) is 0 Å². The summed E-state index contributed by atoms with van der Waals surface area (Å²) >= 11 is 0. The second kappa shape index (κ2) is 6.13. The van der Waals surface area contributed by atoms with Crippen LogP contribution in [0.1, 0.15) is 35.0 Å². The summed E-state index contributed by atoms with van der Waals surface area (Å²) in [6, 6.07) is 7.77. The summed E-state index contributed by atoms with van der Waals surface area (Å²) in [4.78, 5) is 20.0. The molecule has 0 bridgehead atoms. The number of nitrogens with one attached hydrogen (secondary N) is 2. The summed E-state index contributed by atoms with van der Waals surface area (Å²) in [5, 5.41) is 4.12. The number of rotatable bonds is 3. The number of amides is 1. The second-order valence-corrected chi connectivity index (χ2v) is 6.23. The minimum Gasteiger partial charge on any atom is -0.372 e. The number of carbonyl (C=O) groups is 1. The van der Waals surface area contributed by atoms with Crippen molar-refractivity contribution in [1.82, 2.24) is 19.9 Å². The number of aromatic amines is 1. The molecular weight excluding hydrogens is 304 g/mol. The highest BCUT2D eigenvalue weighted by atomic mass is 16.5. The standard InChI is InChI=1S/C18H20N4O2/c1-22-11-19-10-16(22)17-9-12(6-8-24-17)21-18(23)14-3-2-4-15-13(14)5-7-20-15/h2-5,7,10-12,17,20H,6,8-9H2,1H3,(H,21,23). The fraction of sp³-hybridized carbons (Fsp3) is 0.333. The van der Waals surface area contributed by atoms with Gasteiger partial charge in [0.2, 0.25) is 0 Å². The first-order chi connectivity index (χ1) is 11.7. The Hall–Kier alpha value is -2.60. The second-order valence-electron chi connectivity index (χ2n) is 6.23. The predicted octanol–water partition coefficient (Wildman–Crippen LogP) is 2.55. The van der Waals surface area contributed by atoms with Crippen molar-refractivity contribution in [3.05, 3.63) is 54.2 Å². The molecule has 1 aromatic carbocycles. The third kappa shape index (κ3) is 2.69. The molecule has 2 unspecified atom stereocenters. The van der Waals surface area contributed by atoms with Gasteiger partial charge < -0.3 is 19.6 Å². The number of aromatic nitrogens is 3.